The van der Waals surface area contributed by atoms with Crippen molar-refractivity contribution in [2.75, 3.05) is 23.4 Å². The van der Waals surface area contributed by atoms with Gasteiger partial charge < -0.3 is 15.0 Å². The summed E-state index contributed by atoms with van der Waals surface area (Å²) in [6, 6.07) is 7.96. The van der Waals surface area contributed by atoms with Crippen LogP contribution >= 0.6 is 0 Å². The van der Waals surface area contributed by atoms with Gasteiger partial charge in [-0.25, -0.2) is 9.78 Å². The third-order valence-corrected chi connectivity index (χ3v) is 5.56. The molecule has 3 heterocycles. The Balaban J connectivity index is 1.60. The van der Waals surface area contributed by atoms with Crippen LogP contribution in [0.5, 0.6) is 0 Å². The number of nitrogens with zero attached hydrogens (tertiary/aromatic N) is 4. The molecule has 1 N–H and O–H groups in total. The molecule has 1 aliphatic heterocycles. The van der Waals surface area contributed by atoms with Crippen molar-refractivity contribution in [3.63, 3.8) is 0 Å². The molecule has 0 unspecified atom stereocenters. The number of rotatable bonds is 6. The number of carbonyl (C=O) groups excluding carboxylic acids is 2. The highest BCUT2D eigenvalue weighted by atomic mass is 16.5. The van der Waals surface area contributed by atoms with Gasteiger partial charge in [0, 0.05) is 38.4 Å². The monoisotopic (exact) mass is 421 g/mol. The Labute approximate surface area is 181 Å². The van der Waals surface area contributed by atoms with E-state index in [1.54, 1.807) is 11.6 Å². The molecule has 162 valence electrons. The van der Waals surface area contributed by atoms with Gasteiger partial charge in [0.25, 0.3) is 0 Å². The minimum atomic E-state index is -0.415. The van der Waals surface area contributed by atoms with Gasteiger partial charge in [-0.05, 0) is 44.4 Å². The number of amides is 1. The number of pyridine rings is 1. The number of aryl methyl sites for hydroxylation is 2. The van der Waals surface area contributed by atoms with E-state index in [1.165, 1.54) is 6.20 Å². The van der Waals surface area contributed by atoms with Crippen LogP contribution in [0.3, 0.4) is 0 Å². The first kappa shape index (κ1) is 20.8. The van der Waals surface area contributed by atoms with Gasteiger partial charge in [-0.3, -0.25) is 9.48 Å². The Morgan fingerprint density at radius 2 is 2.00 bits per heavy atom. The van der Waals surface area contributed by atoms with E-state index in [4.69, 9.17) is 4.74 Å². The van der Waals surface area contributed by atoms with Gasteiger partial charge in [-0.2, -0.15) is 5.10 Å². The maximum atomic E-state index is 12.5. The van der Waals surface area contributed by atoms with E-state index in [2.05, 4.69) is 15.4 Å². The average molecular weight is 422 g/mol. The SMILES string of the molecule is CCOC(=O)c1cnc2c(c(C)nn2C)c1NCc1ccc(N2CCCCC2=O)cc1. The van der Waals surface area contributed by atoms with Gasteiger partial charge in [-0.15, -0.1) is 0 Å². The van der Waals surface area contributed by atoms with Crippen molar-refractivity contribution in [2.24, 2.45) is 7.05 Å². The number of anilines is 2. The summed E-state index contributed by atoms with van der Waals surface area (Å²) in [5.74, 6) is -0.232. The highest BCUT2D eigenvalue weighted by Crippen LogP contribution is 2.30. The highest BCUT2D eigenvalue weighted by molar-refractivity contribution is 6.05. The Hall–Kier alpha value is -3.42. The number of hydrogen-bond donors (Lipinski definition) is 1. The van der Waals surface area contributed by atoms with Crippen molar-refractivity contribution < 1.29 is 14.3 Å². The lowest BCUT2D eigenvalue weighted by Crippen LogP contribution is -2.35. The number of aromatic nitrogens is 3. The summed E-state index contributed by atoms with van der Waals surface area (Å²) >= 11 is 0. The van der Waals surface area contributed by atoms with Crippen molar-refractivity contribution in [3.8, 4) is 0 Å². The van der Waals surface area contributed by atoms with Crippen LogP contribution in [-0.4, -0.2) is 39.8 Å². The van der Waals surface area contributed by atoms with Crippen molar-refractivity contribution in [3.05, 3.63) is 47.3 Å². The number of esters is 1. The summed E-state index contributed by atoms with van der Waals surface area (Å²) < 4.78 is 6.93. The molecule has 1 amide bonds. The van der Waals surface area contributed by atoms with E-state index in [0.29, 0.717) is 36.5 Å². The zero-order valence-corrected chi connectivity index (χ0v) is 18.1. The Morgan fingerprint density at radius 1 is 1.23 bits per heavy atom. The van der Waals surface area contributed by atoms with E-state index in [9.17, 15) is 9.59 Å². The number of hydrogen-bond acceptors (Lipinski definition) is 6. The van der Waals surface area contributed by atoms with Gasteiger partial charge in [0.15, 0.2) is 5.65 Å². The molecule has 1 fully saturated rings. The summed E-state index contributed by atoms with van der Waals surface area (Å²) in [7, 11) is 1.83. The average Bonchev–Trinajstić information content (AvgIpc) is 3.06. The van der Waals surface area contributed by atoms with Gasteiger partial charge >= 0.3 is 5.97 Å². The number of fused-ring (bicyclic) bond motifs is 1. The van der Waals surface area contributed by atoms with Crippen LogP contribution in [0.1, 0.15) is 47.8 Å². The molecule has 1 aliphatic rings. The summed E-state index contributed by atoms with van der Waals surface area (Å²) in [6.07, 6.45) is 4.15. The molecular formula is C23H27N5O3. The molecule has 0 aliphatic carbocycles. The van der Waals surface area contributed by atoms with E-state index in [0.717, 1.165) is 41.7 Å². The summed E-state index contributed by atoms with van der Waals surface area (Å²) in [5.41, 5.74) is 4.51. The molecule has 3 aromatic rings. The molecule has 0 saturated carbocycles. The molecule has 8 nitrogen and oxygen atoms in total. The molecule has 0 bridgehead atoms. The van der Waals surface area contributed by atoms with Crippen LogP contribution in [0.2, 0.25) is 0 Å². The molecular weight excluding hydrogens is 394 g/mol. The summed E-state index contributed by atoms with van der Waals surface area (Å²) in [6.45, 7) is 5.25. The second kappa shape index (κ2) is 8.75. The predicted octanol–water partition coefficient (Wildman–Crippen LogP) is 3.58. The van der Waals surface area contributed by atoms with Gasteiger partial charge in [0.2, 0.25) is 5.91 Å². The zero-order valence-electron chi connectivity index (χ0n) is 18.1. The van der Waals surface area contributed by atoms with Crippen molar-refractivity contribution >= 4 is 34.3 Å². The molecule has 1 saturated heterocycles. The molecule has 1 aromatic carbocycles. The van der Waals surface area contributed by atoms with Crippen LogP contribution in [0.15, 0.2) is 30.5 Å². The minimum Gasteiger partial charge on any atom is -0.462 e. The Bertz CT molecular complexity index is 1120. The van der Waals surface area contributed by atoms with Gasteiger partial charge in [0.05, 0.1) is 23.4 Å². The number of piperidine rings is 1. The topological polar surface area (TPSA) is 89.3 Å². The molecule has 8 heteroatoms. The van der Waals surface area contributed by atoms with Crippen molar-refractivity contribution in [2.45, 2.75) is 39.7 Å². The standard InChI is InChI=1S/C23H27N5O3/c1-4-31-23(30)18-14-25-22-20(15(2)26-27(22)3)21(18)24-13-16-8-10-17(11-9-16)28-12-6-5-7-19(28)29/h8-11,14H,4-7,12-13H2,1-3H3,(H,24,25). The molecule has 0 radical (unpaired) electrons. The van der Waals surface area contributed by atoms with E-state index in [1.807, 2.05) is 43.1 Å². The third kappa shape index (κ3) is 4.10. The largest absolute Gasteiger partial charge is 0.462 e. The van der Waals surface area contributed by atoms with E-state index in [-0.39, 0.29) is 5.91 Å². The Morgan fingerprint density at radius 3 is 2.71 bits per heavy atom. The molecule has 0 atom stereocenters. The minimum absolute atomic E-state index is 0.183. The second-order valence-corrected chi connectivity index (χ2v) is 7.70. The van der Waals surface area contributed by atoms with E-state index >= 15 is 0 Å². The number of nitrogens with one attached hydrogen (secondary N) is 1. The Kier molecular flexibility index (Phi) is 5.88. The van der Waals surface area contributed by atoms with Crippen LogP contribution in [0.4, 0.5) is 11.4 Å². The lowest BCUT2D eigenvalue weighted by atomic mass is 10.1. The first-order valence-corrected chi connectivity index (χ1v) is 10.6. The molecule has 4 rings (SSSR count). The molecule has 0 spiro atoms. The zero-order chi connectivity index (χ0) is 22.0. The van der Waals surface area contributed by atoms with Gasteiger partial charge in [-0.1, -0.05) is 12.1 Å². The van der Waals surface area contributed by atoms with E-state index < -0.39 is 5.97 Å². The maximum Gasteiger partial charge on any atom is 0.341 e. The third-order valence-electron chi connectivity index (χ3n) is 5.56. The quantitative estimate of drug-likeness (QED) is 0.612. The smallest absolute Gasteiger partial charge is 0.341 e. The molecule has 31 heavy (non-hydrogen) atoms. The first-order chi connectivity index (χ1) is 15.0. The van der Waals surface area contributed by atoms with Crippen LogP contribution < -0.4 is 10.2 Å². The second-order valence-electron chi connectivity index (χ2n) is 7.70. The van der Waals surface area contributed by atoms with Crippen LogP contribution in [-0.2, 0) is 23.1 Å². The fraction of sp³-hybridized carbons (Fsp3) is 0.391. The summed E-state index contributed by atoms with van der Waals surface area (Å²) in [4.78, 5) is 30.9. The van der Waals surface area contributed by atoms with Crippen LogP contribution in [0, 0.1) is 6.92 Å². The predicted molar refractivity (Wildman–Crippen MR) is 119 cm³/mol. The lowest BCUT2D eigenvalue weighted by Gasteiger charge is -2.26. The number of ether oxygens (including phenoxy) is 1. The normalized spacial score (nSPS) is 14.2. The summed E-state index contributed by atoms with van der Waals surface area (Å²) in [5, 5.41) is 8.66. The fourth-order valence-corrected chi connectivity index (χ4v) is 4.02. The fourth-order valence-electron chi connectivity index (χ4n) is 4.02. The van der Waals surface area contributed by atoms with Crippen molar-refractivity contribution in [1.82, 2.24) is 14.8 Å². The van der Waals surface area contributed by atoms with Gasteiger partial charge in [0.1, 0.15) is 5.56 Å². The molecule has 2 aromatic heterocycles. The maximum absolute atomic E-state index is 12.5. The highest BCUT2D eigenvalue weighted by Gasteiger charge is 2.21. The van der Waals surface area contributed by atoms with Crippen molar-refractivity contribution in [1.29, 1.82) is 0 Å². The van der Waals surface area contributed by atoms with Crippen LogP contribution in [0.25, 0.3) is 11.0 Å². The first-order valence-electron chi connectivity index (χ1n) is 10.6. The lowest BCUT2D eigenvalue weighted by molar-refractivity contribution is -0.119. The number of carbonyl (C=O) groups is 2. The number of benzene rings is 1.